The predicted molar refractivity (Wildman–Crippen MR) is 54.9 cm³/mol. The van der Waals surface area contributed by atoms with Crippen molar-refractivity contribution in [2.45, 2.75) is 25.3 Å². The van der Waals surface area contributed by atoms with E-state index in [4.69, 9.17) is 5.11 Å². The molecule has 1 saturated heterocycles. The van der Waals surface area contributed by atoms with Crippen LogP contribution in [0.25, 0.3) is 0 Å². The number of nitrogens with zero attached hydrogens (tertiary/aromatic N) is 2. The van der Waals surface area contributed by atoms with Crippen LogP contribution in [0, 0.1) is 0 Å². The van der Waals surface area contributed by atoms with Gasteiger partial charge in [-0.05, 0) is 39.9 Å². The summed E-state index contributed by atoms with van der Waals surface area (Å²) in [6.07, 6.45) is 3.57. The lowest BCUT2D eigenvalue weighted by Crippen LogP contribution is -2.38. The summed E-state index contributed by atoms with van der Waals surface area (Å²) in [5.74, 6) is 0. The molecule has 0 amide bonds. The lowest BCUT2D eigenvalue weighted by molar-refractivity contribution is 0.186. The molecular formula is C10H22N2O. The van der Waals surface area contributed by atoms with Crippen molar-refractivity contribution in [3.8, 4) is 0 Å². The molecular weight excluding hydrogens is 164 g/mol. The van der Waals surface area contributed by atoms with Crippen LogP contribution >= 0.6 is 0 Å². The zero-order valence-electron chi connectivity index (χ0n) is 8.87. The topological polar surface area (TPSA) is 26.7 Å². The first-order valence-electron chi connectivity index (χ1n) is 5.23. The van der Waals surface area contributed by atoms with Crippen LogP contribution in [-0.2, 0) is 0 Å². The van der Waals surface area contributed by atoms with E-state index >= 15 is 0 Å². The van der Waals surface area contributed by atoms with Crippen LogP contribution in [0.3, 0.4) is 0 Å². The van der Waals surface area contributed by atoms with Gasteiger partial charge in [-0.15, -0.1) is 0 Å². The van der Waals surface area contributed by atoms with E-state index in [1.54, 1.807) is 0 Å². The lowest BCUT2D eigenvalue weighted by Gasteiger charge is -2.26. The number of hydrogen-bond donors (Lipinski definition) is 1. The van der Waals surface area contributed by atoms with Crippen molar-refractivity contribution in [3.63, 3.8) is 0 Å². The molecule has 13 heavy (non-hydrogen) atoms. The average Bonchev–Trinajstić information content (AvgIpc) is 2.48. The first kappa shape index (κ1) is 11.0. The molecule has 0 aliphatic carbocycles. The van der Waals surface area contributed by atoms with Crippen LogP contribution in [0.1, 0.15) is 19.3 Å². The summed E-state index contributed by atoms with van der Waals surface area (Å²) in [5, 5.41) is 8.76. The maximum atomic E-state index is 8.76. The van der Waals surface area contributed by atoms with Gasteiger partial charge in [0.25, 0.3) is 0 Å². The lowest BCUT2D eigenvalue weighted by atomic mass is 10.2. The minimum atomic E-state index is 0.325. The van der Waals surface area contributed by atoms with Gasteiger partial charge in [0.2, 0.25) is 0 Å². The van der Waals surface area contributed by atoms with Gasteiger partial charge < -0.3 is 10.0 Å². The van der Waals surface area contributed by atoms with Gasteiger partial charge >= 0.3 is 0 Å². The van der Waals surface area contributed by atoms with Gasteiger partial charge in [-0.25, -0.2) is 0 Å². The number of rotatable bonds is 5. The Labute approximate surface area is 81.3 Å². The molecule has 1 heterocycles. The Morgan fingerprint density at radius 3 is 2.85 bits per heavy atom. The highest BCUT2D eigenvalue weighted by Crippen LogP contribution is 2.17. The van der Waals surface area contributed by atoms with Crippen LogP contribution in [-0.4, -0.2) is 61.3 Å². The number of aliphatic hydroxyl groups excluding tert-OH is 1. The van der Waals surface area contributed by atoms with Crippen LogP contribution in [0.15, 0.2) is 0 Å². The monoisotopic (exact) mass is 186 g/mol. The summed E-state index contributed by atoms with van der Waals surface area (Å²) in [5.41, 5.74) is 0. The third-order valence-corrected chi connectivity index (χ3v) is 2.68. The minimum absolute atomic E-state index is 0.325. The second-order valence-electron chi connectivity index (χ2n) is 4.17. The molecule has 0 aromatic carbocycles. The van der Waals surface area contributed by atoms with Crippen molar-refractivity contribution < 1.29 is 5.11 Å². The third kappa shape index (κ3) is 3.63. The molecule has 1 rings (SSSR count). The zero-order chi connectivity index (χ0) is 9.68. The maximum absolute atomic E-state index is 8.76. The fraction of sp³-hybridized carbons (Fsp3) is 1.00. The van der Waals surface area contributed by atoms with E-state index < -0.39 is 0 Å². The summed E-state index contributed by atoms with van der Waals surface area (Å²) >= 11 is 0. The van der Waals surface area contributed by atoms with Gasteiger partial charge in [0, 0.05) is 25.7 Å². The van der Waals surface area contributed by atoms with Crippen LogP contribution in [0.2, 0.25) is 0 Å². The smallest absolute Gasteiger partial charge is 0.0443 e. The Balaban J connectivity index is 2.26. The molecule has 0 bridgehead atoms. The third-order valence-electron chi connectivity index (χ3n) is 2.68. The van der Waals surface area contributed by atoms with Crippen molar-refractivity contribution in [2.24, 2.45) is 0 Å². The molecule has 1 aliphatic heterocycles. The Kier molecular flexibility index (Phi) is 4.70. The molecule has 1 aliphatic rings. The molecule has 0 aromatic heterocycles. The largest absolute Gasteiger partial charge is 0.396 e. The highest BCUT2D eigenvalue weighted by molar-refractivity contribution is 4.80. The molecule has 1 N–H and O–H groups in total. The van der Waals surface area contributed by atoms with Crippen molar-refractivity contribution in [1.82, 2.24) is 9.80 Å². The van der Waals surface area contributed by atoms with E-state index in [2.05, 4.69) is 23.9 Å². The Morgan fingerprint density at radius 2 is 2.23 bits per heavy atom. The highest BCUT2D eigenvalue weighted by Gasteiger charge is 2.23. The fourth-order valence-electron chi connectivity index (χ4n) is 2.09. The van der Waals surface area contributed by atoms with Crippen LogP contribution in [0.5, 0.6) is 0 Å². The summed E-state index contributed by atoms with van der Waals surface area (Å²) in [4.78, 5) is 4.76. The number of aliphatic hydroxyl groups is 1. The van der Waals surface area contributed by atoms with E-state index in [1.807, 2.05) is 0 Å². The van der Waals surface area contributed by atoms with Crippen LogP contribution < -0.4 is 0 Å². The number of likely N-dealkylation sites (tertiary alicyclic amines) is 1. The second-order valence-corrected chi connectivity index (χ2v) is 4.17. The van der Waals surface area contributed by atoms with Gasteiger partial charge in [-0.3, -0.25) is 4.90 Å². The number of hydrogen-bond acceptors (Lipinski definition) is 3. The summed E-state index contributed by atoms with van der Waals surface area (Å²) in [7, 11) is 4.26. The first-order valence-corrected chi connectivity index (χ1v) is 5.23. The summed E-state index contributed by atoms with van der Waals surface area (Å²) < 4.78 is 0. The first-order chi connectivity index (χ1) is 6.24. The van der Waals surface area contributed by atoms with Crippen molar-refractivity contribution >= 4 is 0 Å². The minimum Gasteiger partial charge on any atom is -0.396 e. The molecule has 1 unspecified atom stereocenters. The van der Waals surface area contributed by atoms with E-state index in [0.717, 1.165) is 25.6 Å². The Morgan fingerprint density at radius 1 is 1.46 bits per heavy atom. The normalized spacial score (nSPS) is 24.5. The molecule has 0 aromatic rings. The molecule has 0 radical (unpaired) electrons. The van der Waals surface area contributed by atoms with Gasteiger partial charge in [-0.2, -0.15) is 0 Å². The van der Waals surface area contributed by atoms with Gasteiger partial charge in [0.05, 0.1) is 0 Å². The molecule has 3 nitrogen and oxygen atoms in total. The molecule has 1 atom stereocenters. The van der Waals surface area contributed by atoms with E-state index in [1.165, 1.54) is 19.4 Å². The van der Waals surface area contributed by atoms with Crippen LogP contribution in [0.4, 0.5) is 0 Å². The predicted octanol–water partition coefficient (Wildman–Crippen LogP) is 0.395. The molecule has 3 heteroatoms. The maximum Gasteiger partial charge on any atom is 0.0443 e. The quantitative estimate of drug-likeness (QED) is 0.673. The number of likely N-dealkylation sites (N-methyl/N-ethyl adjacent to an activating group) is 1. The van der Waals surface area contributed by atoms with E-state index in [0.29, 0.717) is 6.61 Å². The Hall–Kier alpha value is -0.120. The van der Waals surface area contributed by atoms with Crippen molar-refractivity contribution in [2.75, 3.05) is 40.3 Å². The zero-order valence-corrected chi connectivity index (χ0v) is 8.87. The fourth-order valence-corrected chi connectivity index (χ4v) is 2.09. The van der Waals surface area contributed by atoms with Crippen molar-refractivity contribution in [1.29, 1.82) is 0 Å². The SMILES string of the molecule is CN(C)CC1CCCN1CCCO. The molecule has 0 spiro atoms. The highest BCUT2D eigenvalue weighted by atomic mass is 16.3. The van der Waals surface area contributed by atoms with Crippen molar-refractivity contribution in [3.05, 3.63) is 0 Å². The molecule has 1 fully saturated rings. The van der Waals surface area contributed by atoms with Gasteiger partial charge in [0.1, 0.15) is 0 Å². The summed E-state index contributed by atoms with van der Waals surface area (Å²) in [6.45, 7) is 3.77. The molecule has 78 valence electrons. The van der Waals surface area contributed by atoms with E-state index in [-0.39, 0.29) is 0 Å². The van der Waals surface area contributed by atoms with Gasteiger partial charge in [-0.1, -0.05) is 0 Å². The standard InChI is InChI=1S/C10H22N2O/c1-11(2)9-10-5-3-6-12(10)7-4-8-13/h10,13H,3-9H2,1-2H3. The average molecular weight is 186 g/mol. The molecule has 0 saturated carbocycles. The van der Waals surface area contributed by atoms with Gasteiger partial charge in [0.15, 0.2) is 0 Å². The second kappa shape index (κ2) is 5.58. The van der Waals surface area contributed by atoms with E-state index in [9.17, 15) is 0 Å². The summed E-state index contributed by atoms with van der Waals surface area (Å²) in [6, 6.07) is 0.724. The Bertz CT molecular complexity index is 139.